The van der Waals surface area contributed by atoms with Crippen molar-refractivity contribution in [2.75, 3.05) is 6.54 Å². The lowest BCUT2D eigenvalue weighted by atomic mass is 9.70. The summed E-state index contributed by atoms with van der Waals surface area (Å²) in [5, 5.41) is 0. The summed E-state index contributed by atoms with van der Waals surface area (Å²) in [6.45, 7) is 0.461. The Bertz CT molecular complexity index is 431. The summed E-state index contributed by atoms with van der Waals surface area (Å²) in [7, 11) is 0. The molecule has 2 aliphatic carbocycles. The number of halogens is 2. The molecule has 3 N–H and O–H groups in total. The number of rotatable bonds is 2. The maximum Gasteiger partial charge on any atom is 0.248 e. The van der Waals surface area contributed by atoms with Crippen molar-refractivity contribution in [1.29, 1.82) is 0 Å². The summed E-state index contributed by atoms with van der Waals surface area (Å²) in [5.74, 6) is -2.50. The van der Waals surface area contributed by atoms with E-state index in [1.165, 1.54) is 24.1 Å². The third kappa shape index (κ3) is 2.31. The van der Waals surface area contributed by atoms with Crippen molar-refractivity contribution in [2.45, 2.75) is 62.7 Å². The average Bonchev–Trinajstić information content (AvgIpc) is 2.84. The highest BCUT2D eigenvalue weighted by molar-refractivity contribution is 5.33. The lowest BCUT2D eigenvalue weighted by Gasteiger charge is -2.38. The van der Waals surface area contributed by atoms with Crippen LogP contribution in [0.15, 0.2) is 6.07 Å². The molecular formula is C15H22F2N2. The molecule has 0 unspecified atom stereocenters. The van der Waals surface area contributed by atoms with Crippen LogP contribution < -0.4 is 5.73 Å². The Hall–Kier alpha value is -0.900. The molecule has 0 saturated heterocycles. The number of alkyl halides is 2. The molecule has 0 spiro atoms. The quantitative estimate of drug-likeness (QED) is 0.849. The van der Waals surface area contributed by atoms with E-state index in [2.05, 4.69) is 11.1 Å². The van der Waals surface area contributed by atoms with Gasteiger partial charge in [-0.25, -0.2) is 8.78 Å². The van der Waals surface area contributed by atoms with Crippen LogP contribution in [0.25, 0.3) is 0 Å². The fraction of sp³-hybridized carbons (Fsp3) is 0.733. The van der Waals surface area contributed by atoms with Crippen LogP contribution in [0.1, 0.15) is 55.5 Å². The first-order chi connectivity index (χ1) is 9.05. The van der Waals surface area contributed by atoms with Crippen molar-refractivity contribution in [3.8, 4) is 0 Å². The summed E-state index contributed by atoms with van der Waals surface area (Å²) < 4.78 is 26.8. The zero-order chi connectivity index (χ0) is 13.5. The monoisotopic (exact) mass is 268 g/mol. The third-order valence-electron chi connectivity index (χ3n) is 5.02. The molecule has 0 bridgehead atoms. The minimum absolute atomic E-state index is 0.0338. The van der Waals surface area contributed by atoms with Gasteiger partial charge in [-0.3, -0.25) is 0 Å². The lowest BCUT2D eigenvalue weighted by Crippen LogP contribution is -2.42. The average molecular weight is 268 g/mol. The molecule has 0 atom stereocenters. The molecule has 1 aromatic heterocycles. The van der Waals surface area contributed by atoms with Gasteiger partial charge in [-0.15, -0.1) is 0 Å². The molecule has 1 saturated carbocycles. The van der Waals surface area contributed by atoms with E-state index in [-0.39, 0.29) is 18.3 Å². The first kappa shape index (κ1) is 13.1. The van der Waals surface area contributed by atoms with E-state index in [0.717, 1.165) is 18.5 Å². The standard InChI is InChI=1S/C15H22F2N2/c16-15(17)7-5-14(10-18,6-8-15)13-9-11-3-1-2-4-12(11)19-13/h9,19H,1-8,10,18H2. The van der Waals surface area contributed by atoms with Gasteiger partial charge in [0.05, 0.1) is 0 Å². The van der Waals surface area contributed by atoms with Crippen LogP contribution in [-0.2, 0) is 18.3 Å². The second-order valence-electron chi connectivity index (χ2n) is 6.23. The van der Waals surface area contributed by atoms with E-state index in [1.807, 2.05) is 0 Å². The van der Waals surface area contributed by atoms with E-state index >= 15 is 0 Å². The van der Waals surface area contributed by atoms with Gasteiger partial charge >= 0.3 is 0 Å². The fourth-order valence-electron chi connectivity index (χ4n) is 3.57. The molecule has 0 aliphatic heterocycles. The molecule has 3 rings (SSSR count). The van der Waals surface area contributed by atoms with Crippen LogP contribution in [0, 0.1) is 0 Å². The molecule has 1 fully saturated rings. The predicted octanol–water partition coefficient (Wildman–Crippen LogP) is 3.30. The van der Waals surface area contributed by atoms with Gasteiger partial charge in [-0.05, 0) is 50.2 Å². The molecule has 0 radical (unpaired) electrons. The van der Waals surface area contributed by atoms with Crippen molar-refractivity contribution < 1.29 is 8.78 Å². The van der Waals surface area contributed by atoms with Gasteiger partial charge in [0.1, 0.15) is 0 Å². The van der Waals surface area contributed by atoms with E-state index in [0.29, 0.717) is 19.4 Å². The molecule has 2 nitrogen and oxygen atoms in total. The van der Waals surface area contributed by atoms with Crippen LogP contribution in [0.5, 0.6) is 0 Å². The molecule has 1 heterocycles. The van der Waals surface area contributed by atoms with E-state index < -0.39 is 5.92 Å². The molecule has 4 heteroatoms. The lowest BCUT2D eigenvalue weighted by molar-refractivity contribution is -0.0513. The van der Waals surface area contributed by atoms with Crippen LogP contribution in [0.2, 0.25) is 0 Å². The molecule has 106 valence electrons. The molecule has 2 aliphatic rings. The van der Waals surface area contributed by atoms with E-state index in [1.54, 1.807) is 0 Å². The smallest absolute Gasteiger partial charge is 0.248 e. The largest absolute Gasteiger partial charge is 0.362 e. The molecule has 1 aromatic rings. The van der Waals surface area contributed by atoms with E-state index in [9.17, 15) is 8.78 Å². The molecule has 0 aromatic carbocycles. The first-order valence-electron chi connectivity index (χ1n) is 7.34. The van der Waals surface area contributed by atoms with Gasteiger partial charge in [-0.2, -0.15) is 0 Å². The predicted molar refractivity (Wildman–Crippen MR) is 71.6 cm³/mol. The van der Waals surface area contributed by atoms with E-state index in [4.69, 9.17) is 5.73 Å². The maximum absolute atomic E-state index is 13.4. The van der Waals surface area contributed by atoms with Crippen molar-refractivity contribution in [2.24, 2.45) is 5.73 Å². The van der Waals surface area contributed by atoms with Gasteiger partial charge < -0.3 is 10.7 Å². The van der Waals surface area contributed by atoms with Gasteiger partial charge in [0.25, 0.3) is 0 Å². The van der Waals surface area contributed by atoms with Crippen LogP contribution in [-0.4, -0.2) is 17.5 Å². The Labute approximate surface area is 112 Å². The highest BCUT2D eigenvalue weighted by Gasteiger charge is 2.44. The second kappa shape index (κ2) is 4.58. The Morgan fingerprint density at radius 3 is 2.42 bits per heavy atom. The molecular weight excluding hydrogens is 246 g/mol. The number of hydrogen-bond acceptors (Lipinski definition) is 1. The SMILES string of the molecule is NCC1(c2cc3c([nH]2)CCCC3)CCC(F)(F)CC1. The minimum atomic E-state index is -2.50. The summed E-state index contributed by atoms with van der Waals surface area (Å²) in [5.41, 5.74) is 9.50. The maximum atomic E-state index is 13.4. The Balaban J connectivity index is 1.88. The highest BCUT2D eigenvalue weighted by atomic mass is 19.3. The number of nitrogens with one attached hydrogen (secondary N) is 1. The van der Waals surface area contributed by atoms with Crippen LogP contribution in [0.4, 0.5) is 8.78 Å². The van der Waals surface area contributed by atoms with Crippen molar-refractivity contribution >= 4 is 0 Å². The zero-order valence-electron chi connectivity index (χ0n) is 11.3. The summed E-state index contributed by atoms with van der Waals surface area (Å²) in [6, 6.07) is 2.20. The number of hydrogen-bond donors (Lipinski definition) is 2. The fourth-order valence-corrected chi connectivity index (χ4v) is 3.57. The van der Waals surface area contributed by atoms with Crippen molar-refractivity contribution in [1.82, 2.24) is 4.98 Å². The molecule has 19 heavy (non-hydrogen) atoms. The Kier molecular flexibility index (Phi) is 3.16. The minimum Gasteiger partial charge on any atom is -0.362 e. The molecule has 0 amide bonds. The first-order valence-corrected chi connectivity index (χ1v) is 7.34. The second-order valence-corrected chi connectivity index (χ2v) is 6.23. The van der Waals surface area contributed by atoms with Crippen LogP contribution >= 0.6 is 0 Å². The summed E-state index contributed by atoms with van der Waals surface area (Å²) in [4.78, 5) is 3.50. The van der Waals surface area contributed by atoms with Gasteiger partial charge in [0.15, 0.2) is 0 Å². The normalized spacial score (nSPS) is 25.0. The topological polar surface area (TPSA) is 41.8 Å². The van der Waals surface area contributed by atoms with Gasteiger partial charge in [0.2, 0.25) is 5.92 Å². The number of aromatic amines is 1. The van der Waals surface area contributed by atoms with Gasteiger partial charge in [-0.1, -0.05) is 0 Å². The highest BCUT2D eigenvalue weighted by Crippen LogP contribution is 2.45. The van der Waals surface area contributed by atoms with Crippen molar-refractivity contribution in [3.63, 3.8) is 0 Å². The number of aryl methyl sites for hydroxylation is 2. The number of H-pyrrole nitrogens is 1. The Morgan fingerprint density at radius 2 is 1.79 bits per heavy atom. The third-order valence-corrected chi connectivity index (χ3v) is 5.02. The number of aromatic nitrogens is 1. The van der Waals surface area contributed by atoms with Gasteiger partial charge in [0, 0.05) is 36.2 Å². The van der Waals surface area contributed by atoms with Crippen LogP contribution in [0.3, 0.4) is 0 Å². The number of nitrogens with two attached hydrogens (primary N) is 1. The summed E-state index contributed by atoms with van der Waals surface area (Å²) in [6.07, 6.45) is 5.58. The van der Waals surface area contributed by atoms with Crippen molar-refractivity contribution in [3.05, 3.63) is 23.0 Å². The zero-order valence-corrected chi connectivity index (χ0v) is 11.3. The summed E-state index contributed by atoms with van der Waals surface area (Å²) >= 11 is 0. The number of fused-ring (bicyclic) bond motifs is 1. The Morgan fingerprint density at radius 1 is 1.11 bits per heavy atom.